The summed E-state index contributed by atoms with van der Waals surface area (Å²) in [7, 11) is 3.18. The molecule has 1 unspecified atom stereocenters. The molecule has 0 aromatic carbocycles. The molecule has 0 aliphatic heterocycles. The Labute approximate surface area is 115 Å². The van der Waals surface area contributed by atoms with Crippen LogP contribution in [0.3, 0.4) is 0 Å². The summed E-state index contributed by atoms with van der Waals surface area (Å²) in [5.41, 5.74) is -0.845. The van der Waals surface area contributed by atoms with Crippen molar-refractivity contribution in [2.45, 2.75) is 44.6 Å². The van der Waals surface area contributed by atoms with E-state index in [1.54, 1.807) is 14.2 Å². The molecule has 0 bridgehead atoms. The zero-order chi connectivity index (χ0) is 14.1. The zero-order valence-electron chi connectivity index (χ0n) is 11.9. The second kappa shape index (κ2) is 8.13. The van der Waals surface area contributed by atoms with Crippen molar-refractivity contribution in [3.8, 4) is 6.07 Å². The van der Waals surface area contributed by atoms with E-state index in [0.29, 0.717) is 26.0 Å². The Kier molecular flexibility index (Phi) is 6.82. The first kappa shape index (κ1) is 15.9. The number of hydrogen-bond acceptors (Lipinski definition) is 4. The van der Waals surface area contributed by atoms with Gasteiger partial charge in [-0.2, -0.15) is 5.26 Å². The van der Waals surface area contributed by atoms with Gasteiger partial charge >= 0.3 is 0 Å². The van der Waals surface area contributed by atoms with E-state index < -0.39 is 5.41 Å². The van der Waals surface area contributed by atoms with E-state index in [1.807, 2.05) is 0 Å². The summed E-state index contributed by atoms with van der Waals surface area (Å²) in [5, 5.41) is 12.2. The van der Waals surface area contributed by atoms with Gasteiger partial charge in [-0.3, -0.25) is 4.79 Å². The van der Waals surface area contributed by atoms with Crippen LogP contribution in [0.1, 0.15) is 38.5 Å². The van der Waals surface area contributed by atoms with Crippen LogP contribution < -0.4 is 5.32 Å². The van der Waals surface area contributed by atoms with Crippen molar-refractivity contribution >= 4 is 5.91 Å². The SMILES string of the molecule is COCC(CNC(=O)C1(C#N)CCCCCC1)OC. The number of hydrogen-bond donors (Lipinski definition) is 1. The van der Waals surface area contributed by atoms with E-state index in [9.17, 15) is 10.1 Å². The Bertz CT molecular complexity index is 317. The minimum absolute atomic E-state index is 0.157. The van der Waals surface area contributed by atoms with E-state index in [-0.39, 0.29) is 12.0 Å². The summed E-state index contributed by atoms with van der Waals surface area (Å²) >= 11 is 0. The monoisotopic (exact) mass is 268 g/mol. The molecule has 108 valence electrons. The van der Waals surface area contributed by atoms with Crippen LogP contribution >= 0.6 is 0 Å². The highest BCUT2D eigenvalue weighted by Gasteiger charge is 2.38. The summed E-state index contributed by atoms with van der Waals surface area (Å²) in [6, 6.07) is 2.25. The fourth-order valence-corrected chi connectivity index (χ4v) is 2.49. The second-order valence-corrected chi connectivity index (χ2v) is 5.13. The number of nitrogens with one attached hydrogen (secondary N) is 1. The van der Waals surface area contributed by atoms with Crippen molar-refractivity contribution < 1.29 is 14.3 Å². The van der Waals surface area contributed by atoms with Gasteiger partial charge in [0, 0.05) is 20.8 Å². The molecule has 1 amide bonds. The molecule has 0 aromatic heterocycles. The molecule has 1 saturated carbocycles. The van der Waals surface area contributed by atoms with Crippen LogP contribution in [0.2, 0.25) is 0 Å². The Morgan fingerprint density at radius 1 is 1.32 bits per heavy atom. The molecule has 1 rings (SSSR count). The highest BCUT2D eigenvalue weighted by molar-refractivity contribution is 5.85. The topological polar surface area (TPSA) is 71.3 Å². The van der Waals surface area contributed by atoms with Crippen LogP contribution in [0.15, 0.2) is 0 Å². The molecule has 1 aliphatic carbocycles. The lowest BCUT2D eigenvalue weighted by Gasteiger charge is -2.25. The van der Waals surface area contributed by atoms with Gasteiger partial charge in [-0.1, -0.05) is 25.7 Å². The highest BCUT2D eigenvalue weighted by atomic mass is 16.5. The lowest BCUT2D eigenvalue weighted by molar-refractivity contribution is -0.129. The molecule has 1 fully saturated rings. The molecule has 0 radical (unpaired) electrons. The second-order valence-electron chi connectivity index (χ2n) is 5.13. The van der Waals surface area contributed by atoms with Crippen molar-refractivity contribution in [3.63, 3.8) is 0 Å². The van der Waals surface area contributed by atoms with E-state index in [2.05, 4.69) is 11.4 Å². The number of amides is 1. The van der Waals surface area contributed by atoms with Gasteiger partial charge in [0.2, 0.25) is 5.91 Å². The lowest BCUT2D eigenvalue weighted by atomic mass is 9.81. The summed E-state index contributed by atoms with van der Waals surface area (Å²) in [4.78, 5) is 12.3. The van der Waals surface area contributed by atoms with Crippen LogP contribution in [-0.2, 0) is 14.3 Å². The lowest BCUT2D eigenvalue weighted by Crippen LogP contribution is -2.44. The molecule has 1 atom stereocenters. The average Bonchev–Trinajstić information content (AvgIpc) is 2.69. The number of carbonyl (C=O) groups excluding carboxylic acids is 1. The van der Waals surface area contributed by atoms with Crippen molar-refractivity contribution in [2.75, 3.05) is 27.4 Å². The molecular formula is C14H24N2O3. The van der Waals surface area contributed by atoms with Crippen molar-refractivity contribution in [2.24, 2.45) is 5.41 Å². The van der Waals surface area contributed by atoms with E-state index >= 15 is 0 Å². The fourth-order valence-electron chi connectivity index (χ4n) is 2.49. The van der Waals surface area contributed by atoms with Gasteiger partial charge < -0.3 is 14.8 Å². The Balaban J connectivity index is 2.56. The number of carbonyl (C=O) groups is 1. The van der Waals surface area contributed by atoms with Gasteiger partial charge in [0.15, 0.2) is 0 Å². The third kappa shape index (κ3) is 4.48. The average molecular weight is 268 g/mol. The number of ether oxygens (including phenoxy) is 2. The quantitative estimate of drug-likeness (QED) is 0.743. The van der Waals surface area contributed by atoms with Crippen molar-refractivity contribution in [3.05, 3.63) is 0 Å². The molecule has 1 N–H and O–H groups in total. The largest absolute Gasteiger partial charge is 0.382 e. The number of nitrogens with zero attached hydrogens (tertiary/aromatic N) is 1. The predicted octanol–water partition coefficient (Wildman–Crippen LogP) is 1.63. The first-order valence-corrected chi connectivity index (χ1v) is 6.90. The zero-order valence-corrected chi connectivity index (χ0v) is 11.9. The van der Waals surface area contributed by atoms with E-state index in [4.69, 9.17) is 9.47 Å². The Morgan fingerprint density at radius 3 is 2.42 bits per heavy atom. The molecule has 1 aliphatic rings. The number of rotatable bonds is 6. The normalized spacial score (nSPS) is 20.1. The number of nitriles is 1. The minimum atomic E-state index is -0.845. The van der Waals surface area contributed by atoms with Crippen LogP contribution in [0.25, 0.3) is 0 Å². The predicted molar refractivity (Wildman–Crippen MR) is 71.4 cm³/mol. The molecule has 0 heterocycles. The molecule has 0 aromatic rings. The Morgan fingerprint density at radius 2 is 1.95 bits per heavy atom. The highest BCUT2D eigenvalue weighted by Crippen LogP contribution is 2.34. The van der Waals surface area contributed by atoms with Gasteiger partial charge in [0.1, 0.15) is 5.41 Å². The minimum Gasteiger partial charge on any atom is -0.382 e. The van der Waals surface area contributed by atoms with E-state index in [1.165, 1.54) is 0 Å². The van der Waals surface area contributed by atoms with Crippen molar-refractivity contribution in [1.82, 2.24) is 5.32 Å². The van der Waals surface area contributed by atoms with Crippen LogP contribution in [0.5, 0.6) is 0 Å². The van der Waals surface area contributed by atoms with Gasteiger partial charge in [0.05, 0.1) is 18.8 Å². The van der Waals surface area contributed by atoms with Crippen LogP contribution in [0.4, 0.5) is 0 Å². The van der Waals surface area contributed by atoms with Crippen molar-refractivity contribution in [1.29, 1.82) is 5.26 Å². The molecule has 5 heteroatoms. The van der Waals surface area contributed by atoms with Crippen LogP contribution in [-0.4, -0.2) is 39.4 Å². The van der Waals surface area contributed by atoms with Gasteiger partial charge in [-0.15, -0.1) is 0 Å². The smallest absolute Gasteiger partial charge is 0.240 e. The van der Waals surface area contributed by atoms with Gasteiger partial charge in [-0.25, -0.2) is 0 Å². The first-order valence-electron chi connectivity index (χ1n) is 6.90. The Hall–Kier alpha value is -1.12. The third-order valence-electron chi connectivity index (χ3n) is 3.78. The summed E-state index contributed by atoms with van der Waals surface area (Å²) < 4.78 is 10.2. The molecule has 0 spiro atoms. The maximum atomic E-state index is 12.3. The van der Waals surface area contributed by atoms with E-state index in [0.717, 1.165) is 25.7 Å². The maximum Gasteiger partial charge on any atom is 0.240 e. The molecule has 5 nitrogen and oxygen atoms in total. The summed E-state index contributed by atoms with van der Waals surface area (Å²) in [6.07, 6.45) is 5.28. The standard InChI is InChI=1S/C14H24N2O3/c1-18-10-12(19-2)9-16-13(17)14(11-15)7-5-3-4-6-8-14/h12H,3-10H2,1-2H3,(H,16,17). The first-order chi connectivity index (χ1) is 9.18. The van der Waals surface area contributed by atoms with Gasteiger partial charge in [-0.05, 0) is 12.8 Å². The molecule has 19 heavy (non-hydrogen) atoms. The number of methoxy groups -OCH3 is 2. The third-order valence-corrected chi connectivity index (χ3v) is 3.78. The van der Waals surface area contributed by atoms with Gasteiger partial charge in [0.25, 0.3) is 0 Å². The maximum absolute atomic E-state index is 12.3. The fraction of sp³-hybridized carbons (Fsp3) is 0.857. The summed E-state index contributed by atoms with van der Waals surface area (Å²) in [6.45, 7) is 0.808. The summed E-state index contributed by atoms with van der Waals surface area (Å²) in [5.74, 6) is -0.157. The molecular weight excluding hydrogens is 244 g/mol. The molecule has 0 saturated heterocycles. The van der Waals surface area contributed by atoms with Crippen LogP contribution in [0, 0.1) is 16.7 Å².